The molecule has 0 unspecified atom stereocenters. The molecule has 10 heteroatoms. The maximum Gasteiger partial charge on any atom is 0.416 e. The van der Waals surface area contributed by atoms with Gasteiger partial charge >= 0.3 is 6.18 Å². The number of rotatable bonds is 6. The molecule has 0 fully saturated rings. The summed E-state index contributed by atoms with van der Waals surface area (Å²) in [5, 5.41) is 10.1. The Balaban J connectivity index is 0.00000392. The van der Waals surface area contributed by atoms with Gasteiger partial charge in [0.15, 0.2) is 5.96 Å². The molecule has 0 atom stereocenters. The third kappa shape index (κ3) is 6.36. The molecule has 0 bridgehead atoms. The van der Waals surface area contributed by atoms with E-state index in [-0.39, 0.29) is 36.1 Å². The minimum Gasteiger partial charge on any atom is -0.383 e. The number of ether oxygens (including phenoxy) is 1. The first kappa shape index (κ1) is 24.2. The SMILES string of the molecule is CN=C(NCCOC)NCc1ccc(-n2nc(C)cc2C)cc1C(F)(F)F.I. The summed E-state index contributed by atoms with van der Waals surface area (Å²) >= 11 is 0. The van der Waals surface area contributed by atoms with Crippen LogP contribution in [0, 0.1) is 13.8 Å². The standard InChI is InChI=1S/C18H24F3N5O.HI/c1-12-9-13(2)26(25-12)15-6-5-14(16(10-15)18(19,20)21)11-24-17(22-3)23-7-8-27-4;/h5-6,9-10H,7-8,11H2,1-4H3,(H2,22,23,24);1H. The van der Waals surface area contributed by atoms with E-state index in [1.54, 1.807) is 34.1 Å². The average molecular weight is 511 g/mol. The second-order valence-corrected chi connectivity index (χ2v) is 6.02. The van der Waals surface area contributed by atoms with Crippen molar-refractivity contribution in [3.8, 4) is 5.69 Å². The molecule has 0 saturated carbocycles. The van der Waals surface area contributed by atoms with Crippen LogP contribution in [-0.2, 0) is 17.5 Å². The second kappa shape index (κ2) is 10.6. The van der Waals surface area contributed by atoms with Gasteiger partial charge in [-0.2, -0.15) is 18.3 Å². The maximum absolute atomic E-state index is 13.6. The van der Waals surface area contributed by atoms with Crippen molar-refractivity contribution in [2.24, 2.45) is 4.99 Å². The number of hydrogen-bond acceptors (Lipinski definition) is 3. The molecule has 1 aromatic carbocycles. The summed E-state index contributed by atoms with van der Waals surface area (Å²) in [6.07, 6.45) is -4.48. The fourth-order valence-corrected chi connectivity index (χ4v) is 2.68. The summed E-state index contributed by atoms with van der Waals surface area (Å²) < 4.78 is 47.2. The van der Waals surface area contributed by atoms with E-state index in [1.807, 2.05) is 6.07 Å². The van der Waals surface area contributed by atoms with E-state index in [2.05, 4.69) is 20.7 Å². The molecule has 0 aliphatic rings. The molecule has 0 radical (unpaired) electrons. The zero-order valence-electron chi connectivity index (χ0n) is 16.2. The first-order valence-corrected chi connectivity index (χ1v) is 8.43. The largest absolute Gasteiger partial charge is 0.416 e. The highest BCUT2D eigenvalue weighted by Crippen LogP contribution is 2.33. The molecule has 1 heterocycles. The van der Waals surface area contributed by atoms with Crippen LogP contribution in [0.25, 0.3) is 5.69 Å². The third-order valence-electron chi connectivity index (χ3n) is 3.92. The molecule has 0 amide bonds. The van der Waals surface area contributed by atoms with Gasteiger partial charge in [-0.05, 0) is 37.6 Å². The third-order valence-corrected chi connectivity index (χ3v) is 3.92. The van der Waals surface area contributed by atoms with Crippen molar-refractivity contribution in [1.29, 1.82) is 0 Å². The molecule has 0 aliphatic carbocycles. The van der Waals surface area contributed by atoms with Crippen LogP contribution in [0.2, 0.25) is 0 Å². The molecule has 28 heavy (non-hydrogen) atoms. The number of guanidine groups is 1. The number of hydrogen-bond donors (Lipinski definition) is 2. The summed E-state index contributed by atoms with van der Waals surface area (Å²) in [5.74, 6) is 0.405. The van der Waals surface area contributed by atoms with Gasteiger partial charge in [0.1, 0.15) is 0 Å². The zero-order valence-corrected chi connectivity index (χ0v) is 18.6. The number of aromatic nitrogens is 2. The van der Waals surface area contributed by atoms with E-state index in [4.69, 9.17) is 4.74 Å². The number of nitrogens with one attached hydrogen (secondary N) is 2. The Kier molecular flexibility index (Phi) is 9.21. The van der Waals surface area contributed by atoms with Crippen LogP contribution in [0.4, 0.5) is 13.2 Å². The van der Waals surface area contributed by atoms with E-state index < -0.39 is 11.7 Å². The number of aryl methyl sites for hydroxylation is 2. The highest BCUT2D eigenvalue weighted by molar-refractivity contribution is 14.0. The van der Waals surface area contributed by atoms with Crippen LogP contribution in [0.3, 0.4) is 0 Å². The number of halogens is 4. The molecule has 0 aliphatic heterocycles. The van der Waals surface area contributed by atoms with Crippen molar-refractivity contribution in [3.63, 3.8) is 0 Å². The summed E-state index contributed by atoms with van der Waals surface area (Å²) in [6, 6.07) is 6.03. The van der Waals surface area contributed by atoms with Gasteiger partial charge in [-0.3, -0.25) is 4.99 Å². The van der Waals surface area contributed by atoms with E-state index in [1.165, 1.54) is 10.7 Å². The molecule has 1 aromatic heterocycles. The van der Waals surface area contributed by atoms with E-state index in [0.717, 1.165) is 17.5 Å². The summed E-state index contributed by atoms with van der Waals surface area (Å²) in [5.41, 5.74) is 1.32. The maximum atomic E-state index is 13.6. The lowest BCUT2D eigenvalue weighted by Gasteiger charge is -2.17. The molecule has 2 N–H and O–H groups in total. The Morgan fingerprint density at radius 3 is 2.46 bits per heavy atom. The van der Waals surface area contributed by atoms with Gasteiger partial charge in [0.2, 0.25) is 0 Å². The van der Waals surface area contributed by atoms with Crippen LogP contribution in [0.1, 0.15) is 22.5 Å². The molecule has 2 aromatic rings. The zero-order chi connectivity index (χ0) is 20.0. The predicted octanol–water partition coefficient (Wildman–Crippen LogP) is 3.44. The first-order valence-electron chi connectivity index (χ1n) is 8.43. The Bertz CT molecular complexity index is 805. The minimum atomic E-state index is -4.48. The molecule has 6 nitrogen and oxygen atoms in total. The van der Waals surface area contributed by atoms with E-state index in [0.29, 0.717) is 24.8 Å². The average Bonchev–Trinajstić information content (AvgIpc) is 2.95. The lowest BCUT2D eigenvalue weighted by atomic mass is 10.1. The predicted molar refractivity (Wildman–Crippen MR) is 114 cm³/mol. The van der Waals surface area contributed by atoms with E-state index in [9.17, 15) is 13.2 Å². The van der Waals surface area contributed by atoms with Crippen LogP contribution in [-0.4, -0.2) is 43.0 Å². The van der Waals surface area contributed by atoms with Crippen molar-refractivity contribution < 1.29 is 17.9 Å². The molecule has 156 valence electrons. The van der Waals surface area contributed by atoms with Gasteiger partial charge in [-0.25, -0.2) is 4.68 Å². The highest BCUT2D eigenvalue weighted by Gasteiger charge is 2.33. The Labute approximate surface area is 179 Å². The number of aliphatic imine (C=N–C) groups is 1. The quantitative estimate of drug-likeness (QED) is 0.270. The number of benzene rings is 1. The van der Waals surface area contributed by atoms with Gasteiger partial charge in [0, 0.05) is 32.9 Å². The minimum absolute atomic E-state index is 0. The molecule has 0 saturated heterocycles. The van der Waals surface area contributed by atoms with Crippen molar-refractivity contribution in [1.82, 2.24) is 20.4 Å². The lowest BCUT2D eigenvalue weighted by Crippen LogP contribution is -2.38. The van der Waals surface area contributed by atoms with E-state index >= 15 is 0 Å². The molecule has 2 rings (SSSR count). The molecular formula is C18H25F3IN5O. The summed E-state index contributed by atoms with van der Waals surface area (Å²) in [4.78, 5) is 3.99. The monoisotopic (exact) mass is 511 g/mol. The molecule has 0 spiro atoms. The van der Waals surface area contributed by atoms with Crippen LogP contribution < -0.4 is 10.6 Å². The van der Waals surface area contributed by atoms with Gasteiger partial charge in [0.25, 0.3) is 0 Å². The summed E-state index contributed by atoms with van der Waals surface area (Å²) in [6.45, 7) is 4.55. The van der Waals surface area contributed by atoms with Gasteiger partial charge < -0.3 is 15.4 Å². The highest BCUT2D eigenvalue weighted by atomic mass is 127. The Morgan fingerprint density at radius 1 is 1.21 bits per heavy atom. The Morgan fingerprint density at radius 2 is 1.93 bits per heavy atom. The normalized spacial score (nSPS) is 11.9. The summed E-state index contributed by atoms with van der Waals surface area (Å²) in [7, 11) is 3.12. The number of nitrogens with zero attached hydrogens (tertiary/aromatic N) is 3. The van der Waals surface area contributed by atoms with Gasteiger partial charge in [0.05, 0.1) is 23.6 Å². The van der Waals surface area contributed by atoms with Crippen molar-refractivity contribution >= 4 is 29.9 Å². The van der Waals surface area contributed by atoms with Crippen LogP contribution in [0.5, 0.6) is 0 Å². The van der Waals surface area contributed by atoms with Gasteiger partial charge in [-0.15, -0.1) is 24.0 Å². The smallest absolute Gasteiger partial charge is 0.383 e. The van der Waals surface area contributed by atoms with Crippen LogP contribution >= 0.6 is 24.0 Å². The van der Waals surface area contributed by atoms with Crippen molar-refractivity contribution in [2.45, 2.75) is 26.6 Å². The fraction of sp³-hybridized carbons (Fsp3) is 0.444. The number of methoxy groups -OCH3 is 1. The molecular weight excluding hydrogens is 486 g/mol. The van der Waals surface area contributed by atoms with Crippen molar-refractivity contribution in [2.75, 3.05) is 27.3 Å². The Hall–Kier alpha value is -1.82. The number of alkyl halides is 3. The lowest BCUT2D eigenvalue weighted by molar-refractivity contribution is -0.138. The van der Waals surface area contributed by atoms with Crippen molar-refractivity contribution in [3.05, 3.63) is 46.8 Å². The fourth-order valence-electron chi connectivity index (χ4n) is 2.68. The second-order valence-electron chi connectivity index (χ2n) is 6.02. The van der Waals surface area contributed by atoms with Crippen LogP contribution in [0.15, 0.2) is 29.3 Å². The van der Waals surface area contributed by atoms with Gasteiger partial charge in [-0.1, -0.05) is 6.07 Å². The topological polar surface area (TPSA) is 63.5 Å². The first-order chi connectivity index (χ1) is 12.8.